The van der Waals surface area contributed by atoms with Crippen LogP contribution in [-0.2, 0) is 6.54 Å². The minimum atomic E-state index is -2.87. The van der Waals surface area contributed by atoms with Gasteiger partial charge in [-0.25, -0.2) is 4.79 Å². The van der Waals surface area contributed by atoms with E-state index in [1.54, 1.807) is 12.1 Å². The highest BCUT2D eigenvalue weighted by atomic mass is 19.3. The zero-order chi connectivity index (χ0) is 16.7. The predicted molar refractivity (Wildman–Crippen MR) is 81.3 cm³/mol. The Morgan fingerprint density at radius 1 is 1.35 bits per heavy atom. The average molecular weight is 328 g/mol. The van der Waals surface area contributed by atoms with Gasteiger partial charge >= 0.3 is 12.6 Å². The molecule has 2 amide bonds. The van der Waals surface area contributed by atoms with Crippen LogP contribution in [-0.4, -0.2) is 30.4 Å². The maximum Gasteiger partial charge on any atom is 0.387 e. The lowest BCUT2D eigenvalue weighted by Gasteiger charge is -2.30. The average Bonchev–Trinajstić information content (AvgIpc) is 2.53. The van der Waals surface area contributed by atoms with Gasteiger partial charge in [0.25, 0.3) is 0 Å². The molecule has 0 bridgehead atoms. The third-order valence-electron chi connectivity index (χ3n) is 4.04. The molecule has 0 aliphatic heterocycles. The highest BCUT2D eigenvalue weighted by Gasteiger charge is 2.25. The van der Waals surface area contributed by atoms with Gasteiger partial charge in [0.15, 0.2) is 0 Å². The topological polar surface area (TPSA) is 70.6 Å². The second-order valence-corrected chi connectivity index (χ2v) is 5.69. The fraction of sp³-hybridized carbons (Fsp3) is 0.562. The molecule has 7 heteroatoms. The molecule has 3 N–H and O–H groups in total. The highest BCUT2D eigenvalue weighted by Crippen LogP contribution is 2.23. The van der Waals surface area contributed by atoms with Gasteiger partial charge in [0.05, 0.1) is 0 Å². The number of alkyl halides is 2. The lowest BCUT2D eigenvalue weighted by Crippen LogP contribution is -2.47. The smallest absolute Gasteiger partial charge is 0.387 e. The Labute approximate surface area is 134 Å². The van der Waals surface area contributed by atoms with Gasteiger partial charge in [0.1, 0.15) is 5.75 Å². The van der Waals surface area contributed by atoms with Crippen LogP contribution < -0.4 is 15.4 Å². The van der Waals surface area contributed by atoms with Gasteiger partial charge in [-0.15, -0.1) is 0 Å². The number of urea groups is 1. The molecular formula is C16H22F2N2O3. The number of hydrogen-bond donors (Lipinski definition) is 3. The summed E-state index contributed by atoms with van der Waals surface area (Å²) >= 11 is 0. The van der Waals surface area contributed by atoms with E-state index in [2.05, 4.69) is 15.4 Å². The summed E-state index contributed by atoms with van der Waals surface area (Å²) < 4.78 is 28.7. The number of benzene rings is 1. The van der Waals surface area contributed by atoms with Gasteiger partial charge in [-0.1, -0.05) is 25.0 Å². The van der Waals surface area contributed by atoms with Gasteiger partial charge in [-0.2, -0.15) is 8.78 Å². The maximum atomic E-state index is 12.2. The van der Waals surface area contributed by atoms with Gasteiger partial charge in [0.2, 0.25) is 0 Å². The molecule has 1 aliphatic carbocycles. The Balaban J connectivity index is 1.82. The monoisotopic (exact) mass is 328 g/mol. The minimum absolute atomic E-state index is 0.0257. The molecule has 1 fully saturated rings. The van der Waals surface area contributed by atoms with E-state index in [0.717, 1.165) is 25.7 Å². The molecule has 0 heterocycles. The Morgan fingerprint density at radius 2 is 2.13 bits per heavy atom. The van der Waals surface area contributed by atoms with Gasteiger partial charge in [-0.3, -0.25) is 0 Å². The highest BCUT2D eigenvalue weighted by molar-refractivity contribution is 5.74. The van der Waals surface area contributed by atoms with Crippen molar-refractivity contribution in [2.45, 2.75) is 44.9 Å². The van der Waals surface area contributed by atoms with Crippen LogP contribution in [0.2, 0.25) is 0 Å². The summed E-state index contributed by atoms with van der Waals surface area (Å²) in [6.07, 6.45) is 3.88. The molecule has 1 saturated carbocycles. The molecule has 0 aromatic heterocycles. The number of aliphatic hydroxyl groups is 1. The van der Waals surface area contributed by atoms with Gasteiger partial charge < -0.3 is 20.5 Å². The van der Waals surface area contributed by atoms with Crippen molar-refractivity contribution in [2.24, 2.45) is 5.92 Å². The number of ether oxygens (including phenoxy) is 1. The number of carbonyl (C=O) groups excluding carboxylic acids is 1. The number of rotatable bonds is 6. The second-order valence-electron chi connectivity index (χ2n) is 5.69. The number of nitrogens with one attached hydrogen (secondary N) is 2. The first-order valence-electron chi connectivity index (χ1n) is 7.77. The molecule has 5 nitrogen and oxygen atoms in total. The molecule has 1 aromatic rings. The van der Waals surface area contributed by atoms with E-state index in [4.69, 9.17) is 0 Å². The van der Waals surface area contributed by atoms with Crippen LogP contribution >= 0.6 is 0 Å². The second kappa shape index (κ2) is 8.67. The molecule has 2 atom stereocenters. The first-order valence-corrected chi connectivity index (χ1v) is 7.77. The number of hydrogen-bond acceptors (Lipinski definition) is 3. The van der Waals surface area contributed by atoms with Crippen molar-refractivity contribution in [2.75, 3.05) is 6.61 Å². The van der Waals surface area contributed by atoms with Crippen molar-refractivity contribution in [3.05, 3.63) is 29.8 Å². The Hall–Kier alpha value is -1.89. The van der Waals surface area contributed by atoms with Crippen molar-refractivity contribution in [3.63, 3.8) is 0 Å². The van der Waals surface area contributed by atoms with Crippen LogP contribution in [0.5, 0.6) is 5.75 Å². The fourth-order valence-corrected chi connectivity index (χ4v) is 2.85. The molecule has 0 spiro atoms. The summed E-state index contributed by atoms with van der Waals surface area (Å²) in [5.74, 6) is 0.157. The fourth-order valence-electron chi connectivity index (χ4n) is 2.85. The van der Waals surface area contributed by atoms with Gasteiger partial charge in [-0.05, 0) is 30.5 Å². The Kier molecular flexibility index (Phi) is 6.58. The van der Waals surface area contributed by atoms with Crippen LogP contribution in [0, 0.1) is 5.92 Å². The lowest BCUT2D eigenvalue weighted by molar-refractivity contribution is -0.0498. The van der Waals surface area contributed by atoms with Gasteiger partial charge in [0, 0.05) is 25.1 Å². The number of halogens is 2. The minimum Gasteiger partial charge on any atom is -0.435 e. The molecule has 2 unspecified atom stereocenters. The van der Waals surface area contributed by atoms with Crippen molar-refractivity contribution in [1.29, 1.82) is 0 Å². The summed E-state index contributed by atoms with van der Waals surface area (Å²) in [6, 6.07) is 5.86. The molecular weight excluding hydrogens is 306 g/mol. The standard InChI is InChI=1S/C16H22F2N2O3/c17-15(18)23-13-6-3-4-11(8-13)9-19-16(22)20-14-7-2-1-5-12(14)10-21/h3-4,6,8,12,14-15,21H,1-2,5,7,9-10H2,(H2,19,20,22). The quantitative estimate of drug-likeness (QED) is 0.752. The van der Waals surface area contributed by atoms with E-state index in [1.165, 1.54) is 12.1 Å². The predicted octanol–water partition coefficient (Wildman–Crippen LogP) is 2.64. The van der Waals surface area contributed by atoms with Crippen molar-refractivity contribution < 1.29 is 23.4 Å². The van der Waals surface area contributed by atoms with E-state index in [1.807, 2.05) is 0 Å². The van der Waals surface area contributed by atoms with Crippen LogP contribution in [0.4, 0.5) is 13.6 Å². The van der Waals surface area contributed by atoms with Crippen LogP contribution in [0.3, 0.4) is 0 Å². The molecule has 128 valence electrons. The Bertz CT molecular complexity index is 514. The van der Waals surface area contributed by atoms with E-state index in [9.17, 15) is 18.7 Å². The third kappa shape index (κ3) is 5.67. The largest absolute Gasteiger partial charge is 0.435 e. The Morgan fingerprint density at radius 3 is 2.87 bits per heavy atom. The zero-order valence-electron chi connectivity index (χ0n) is 12.8. The van der Waals surface area contributed by atoms with Crippen LogP contribution in [0.15, 0.2) is 24.3 Å². The molecule has 23 heavy (non-hydrogen) atoms. The normalized spacial score (nSPS) is 21.0. The van der Waals surface area contributed by atoms with Crippen LogP contribution in [0.1, 0.15) is 31.2 Å². The molecule has 2 rings (SSSR count). The SMILES string of the molecule is O=C(NCc1cccc(OC(F)F)c1)NC1CCCCC1CO. The van der Waals surface area contributed by atoms with Crippen molar-refractivity contribution >= 4 is 6.03 Å². The summed E-state index contributed by atoms with van der Waals surface area (Å²) in [4.78, 5) is 12.0. The molecule has 0 radical (unpaired) electrons. The van der Waals surface area contributed by atoms with E-state index in [0.29, 0.717) is 5.56 Å². The van der Waals surface area contributed by atoms with Crippen LogP contribution in [0.25, 0.3) is 0 Å². The summed E-state index contributed by atoms with van der Waals surface area (Å²) in [5, 5.41) is 14.9. The molecule has 1 aliphatic rings. The maximum absolute atomic E-state index is 12.2. The molecule has 0 saturated heterocycles. The van der Waals surface area contributed by atoms with E-state index >= 15 is 0 Å². The summed E-state index contributed by atoms with van der Waals surface area (Å²) in [5.41, 5.74) is 0.667. The summed E-state index contributed by atoms with van der Waals surface area (Å²) in [7, 11) is 0. The number of amides is 2. The third-order valence-corrected chi connectivity index (χ3v) is 4.04. The van der Waals surface area contributed by atoms with Crippen molar-refractivity contribution in [3.8, 4) is 5.75 Å². The van der Waals surface area contributed by atoms with E-state index in [-0.39, 0.29) is 36.9 Å². The zero-order valence-corrected chi connectivity index (χ0v) is 12.8. The lowest BCUT2D eigenvalue weighted by atomic mass is 9.85. The van der Waals surface area contributed by atoms with Crippen molar-refractivity contribution in [1.82, 2.24) is 10.6 Å². The number of aliphatic hydroxyl groups excluding tert-OH is 1. The molecule has 1 aromatic carbocycles. The summed E-state index contributed by atoms with van der Waals surface area (Å²) in [6.45, 7) is -2.59. The first-order chi connectivity index (χ1) is 11.1. The van der Waals surface area contributed by atoms with E-state index < -0.39 is 6.61 Å². The number of carbonyl (C=O) groups is 1. The first kappa shape index (κ1) is 17.5.